The molecule has 0 fully saturated rings. The third-order valence-electron chi connectivity index (χ3n) is 2.26. The summed E-state index contributed by atoms with van der Waals surface area (Å²) in [6.45, 7) is 9.29. The molecule has 1 aromatic carbocycles. The lowest BCUT2D eigenvalue weighted by molar-refractivity contribution is -0.137. The lowest BCUT2D eigenvalue weighted by Gasteiger charge is -2.06. The number of hydrogen-bond acceptors (Lipinski definition) is 0. The molecule has 0 aromatic heterocycles. The highest BCUT2D eigenvalue weighted by Gasteiger charge is 2.29. The Hall–Kier alpha value is -1.77. The van der Waals surface area contributed by atoms with Crippen LogP contribution in [0.15, 0.2) is 54.6 Å². The van der Waals surface area contributed by atoms with Gasteiger partial charge in [0.05, 0.1) is 5.56 Å². The Labute approximate surface area is 98.8 Å². The third kappa shape index (κ3) is 3.94. The summed E-state index contributed by atoms with van der Waals surface area (Å²) < 4.78 is 36.9. The number of alkyl halides is 3. The van der Waals surface area contributed by atoms with Crippen molar-refractivity contribution in [3.8, 4) is 0 Å². The van der Waals surface area contributed by atoms with Crippen LogP contribution in [0.3, 0.4) is 0 Å². The highest BCUT2D eigenvalue weighted by atomic mass is 19.4. The van der Waals surface area contributed by atoms with Crippen LogP contribution in [0, 0.1) is 0 Å². The van der Waals surface area contributed by atoms with E-state index in [4.69, 9.17) is 0 Å². The van der Waals surface area contributed by atoms with Crippen molar-refractivity contribution in [2.24, 2.45) is 0 Å². The van der Waals surface area contributed by atoms with E-state index in [2.05, 4.69) is 13.2 Å². The summed E-state index contributed by atoms with van der Waals surface area (Å²) in [7, 11) is 0. The van der Waals surface area contributed by atoms with Crippen molar-refractivity contribution in [3.63, 3.8) is 0 Å². The first-order valence-electron chi connectivity index (χ1n) is 5.01. The lowest BCUT2D eigenvalue weighted by Crippen LogP contribution is -2.03. The minimum Gasteiger partial charge on any atom is -0.166 e. The second-order valence-electron chi connectivity index (χ2n) is 3.76. The van der Waals surface area contributed by atoms with Gasteiger partial charge in [-0.15, -0.1) is 0 Å². The second kappa shape index (κ2) is 5.04. The predicted octanol–water partition coefficient (Wildman–Crippen LogP) is 4.85. The standard InChI is InChI=1S/C14H13F3/c1-10(2)11(3)4-5-12-6-8-13(9-7-12)14(15,16)17/h4-9H,1,3H2,2H3/b5-4+. The van der Waals surface area contributed by atoms with E-state index in [-0.39, 0.29) is 0 Å². The molecule has 0 unspecified atom stereocenters. The predicted molar refractivity (Wildman–Crippen MR) is 64.4 cm³/mol. The average molecular weight is 238 g/mol. The molecule has 0 aliphatic rings. The molecule has 3 heteroatoms. The maximum absolute atomic E-state index is 12.3. The Balaban J connectivity index is 2.83. The monoisotopic (exact) mass is 238 g/mol. The maximum Gasteiger partial charge on any atom is 0.416 e. The first-order valence-corrected chi connectivity index (χ1v) is 5.01. The lowest BCUT2D eigenvalue weighted by atomic mass is 10.1. The summed E-state index contributed by atoms with van der Waals surface area (Å²) in [5.74, 6) is 0. The first-order chi connectivity index (χ1) is 7.80. The van der Waals surface area contributed by atoms with Gasteiger partial charge in [-0.25, -0.2) is 0 Å². The molecule has 0 aliphatic heterocycles. The van der Waals surface area contributed by atoms with Crippen LogP contribution in [0.25, 0.3) is 6.08 Å². The Morgan fingerprint density at radius 2 is 1.65 bits per heavy atom. The van der Waals surface area contributed by atoms with Gasteiger partial charge in [0.15, 0.2) is 0 Å². The van der Waals surface area contributed by atoms with Crippen molar-refractivity contribution < 1.29 is 13.2 Å². The molecule has 1 aromatic rings. The van der Waals surface area contributed by atoms with Crippen LogP contribution in [-0.4, -0.2) is 0 Å². The molecule has 0 atom stereocenters. The molecule has 0 bridgehead atoms. The Morgan fingerprint density at radius 3 is 2.06 bits per heavy atom. The van der Waals surface area contributed by atoms with Crippen LogP contribution in [0.4, 0.5) is 13.2 Å². The topological polar surface area (TPSA) is 0 Å². The molecule has 0 radical (unpaired) electrons. The molecule has 1 rings (SSSR count). The summed E-state index contributed by atoms with van der Waals surface area (Å²) in [5, 5.41) is 0. The van der Waals surface area contributed by atoms with Gasteiger partial charge < -0.3 is 0 Å². The largest absolute Gasteiger partial charge is 0.416 e. The number of hydrogen-bond donors (Lipinski definition) is 0. The zero-order chi connectivity index (χ0) is 13.1. The third-order valence-corrected chi connectivity index (χ3v) is 2.26. The van der Waals surface area contributed by atoms with Gasteiger partial charge in [-0.2, -0.15) is 13.2 Å². The molecule has 0 amide bonds. The van der Waals surface area contributed by atoms with Gasteiger partial charge in [0.1, 0.15) is 0 Å². The van der Waals surface area contributed by atoms with Crippen LogP contribution in [-0.2, 0) is 6.18 Å². The van der Waals surface area contributed by atoms with Crippen LogP contribution in [0.2, 0.25) is 0 Å². The fraction of sp³-hybridized carbons (Fsp3) is 0.143. The number of allylic oxidation sites excluding steroid dienone is 3. The molecule has 0 nitrogen and oxygen atoms in total. The van der Waals surface area contributed by atoms with Crippen LogP contribution in [0.1, 0.15) is 18.1 Å². The van der Waals surface area contributed by atoms with E-state index in [1.807, 2.05) is 6.92 Å². The molecule has 0 heterocycles. The highest BCUT2D eigenvalue weighted by molar-refractivity contribution is 5.55. The molecular formula is C14H13F3. The quantitative estimate of drug-likeness (QED) is 0.660. The molecule has 0 saturated heterocycles. The van der Waals surface area contributed by atoms with Crippen molar-refractivity contribution in [1.29, 1.82) is 0 Å². The smallest absolute Gasteiger partial charge is 0.166 e. The number of benzene rings is 1. The molecule has 0 aliphatic carbocycles. The van der Waals surface area contributed by atoms with Crippen molar-refractivity contribution >= 4 is 6.08 Å². The first kappa shape index (κ1) is 13.3. The number of rotatable bonds is 3. The Bertz CT molecular complexity index is 447. The van der Waals surface area contributed by atoms with E-state index in [1.165, 1.54) is 12.1 Å². The van der Waals surface area contributed by atoms with Gasteiger partial charge in [0.25, 0.3) is 0 Å². The van der Waals surface area contributed by atoms with E-state index < -0.39 is 11.7 Å². The fourth-order valence-corrected chi connectivity index (χ4v) is 1.12. The summed E-state index contributed by atoms with van der Waals surface area (Å²) in [6, 6.07) is 4.96. The zero-order valence-corrected chi connectivity index (χ0v) is 9.51. The van der Waals surface area contributed by atoms with Crippen molar-refractivity contribution in [1.82, 2.24) is 0 Å². The molecule has 90 valence electrons. The minimum absolute atomic E-state index is 0.645. The van der Waals surface area contributed by atoms with E-state index in [9.17, 15) is 13.2 Å². The van der Waals surface area contributed by atoms with Crippen molar-refractivity contribution in [3.05, 3.63) is 65.8 Å². The minimum atomic E-state index is -4.29. The van der Waals surface area contributed by atoms with E-state index in [0.29, 0.717) is 5.56 Å². The summed E-state index contributed by atoms with van der Waals surface area (Å²) >= 11 is 0. The van der Waals surface area contributed by atoms with Crippen molar-refractivity contribution in [2.75, 3.05) is 0 Å². The highest BCUT2D eigenvalue weighted by Crippen LogP contribution is 2.29. The van der Waals surface area contributed by atoms with E-state index in [1.54, 1.807) is 12.2 Å². The van der Waals surface area contributed by atoms with E-state index >= 15 is 0 Å². The van der Waals surface area contributed by atoms with Gasteiger partial charge in [-0.1, -0.05) is 43.0 Å². The average Bonchev–Trinajstić information content (AvgIpc) is 2.25. The molecule has 0 saturated carbocycles. The van der Waals surface area contributed by atoms with Crippen LogP contribution < -0.4 is 0 Å². The normalized spacial score (nSPS) is 11.8. The molecule has 0 N–H and O–H groups in total. The van der Waals surface area contributed by atoms with E-state index in [0.717, 1.165) is 23.3 Å². The zero-order valence-electron chi connectivity index (χ0n) is 9.51. The van der Waals surface area contributed by atoms with Gasteiger partial charge in [-0.05, 0) is 30.2 Å². The maximum atomic E-state index is 12.3. The van der Waals surface area contributed by atoms with Gasteiger partial charge in [-0.3, -0.25) is 0 Å². The van der Waals surface area contributed by atoms with Crippen LogP contribution in [0.5, 0.6) is 0 Å². The molecular weight excluding hydrogens is 225 g/mol. The SMILES string of the molecule is C=C(C)C(=C)/C=C/c1ccc(C(F)(F)F)cc1. The summed E-state index contributed by atoms with van der Waals surface area (Å²) in [4.78, 5) is 0. The van der Waals surface area contributed by atoms with Gasteiger partial charge in [0, 0.05) is 0 Å². The molecule has 0 spiro atoms. The molecule has 17 heavy (non-hydrogen) atoms. The van der Waals surface area contributed by atoms with Gasteiger partial charge >= 0.3 is 6.18 Å². The summed E-state index contributed by atoms with van der Waals surface area (Å²) in [6.07, 6.45) is -0.856. The fourth-order valence-electron chi connectivity index (χ4n) is 1.12. The Morgan fingerprint density at radius 1 is 1.12 bits per heavy atom. The van der Waals surface area contributed by atoms with Gasteiger partial charge in [0.2, 0.25) is 0 Å². The van der Waals surface area contributed by atoms with Crippen molar-refractivity contribution in [2.45, 2.75) is 13.1 Å². The second-order valence-corrected chi connectivity index (χ2v) is 3.76. The van der Waals surface area contributed by atoms with Crippen LogP contribution >= 0.6 is 0 Å². The summed E-state index contributed by atoms with van der Waals surface area (Å²) in [5.41, 5.74) is 1.63. The number of halogens is 3. The Kier molecular flexibility index (Phi) is 3.94.